The van der Waals surface area contributed by atoms with E-state index in [0.717, 1.165) is 0 Å². The fourth-order valence-electron chi connectivity index (χ4n) is 1.17. The van der Waals surface area contributed by atoms with E-state index < -0.39 is 0 Å². The number of anilines is 2. The summed E-state index contributed by atoms with van der Waals surface area (Å²) in [4.78, 5) is 3.89. The first-order valence-corrected chi connectivity index (χ1v) is 4.97. The third-order valence-corrected chi connectivity index (χ3v) is 2.23. The summed E-state index contributed by atoms with van der Waals surface area (Å²) in [7, 11) is 0. The van der Waals surface area contributed by atoms with Crippen LogP contribution in [0.5, 0.6) is 11.5 Å². The van der Waals surface area contributed by atoms with Crippen molar-refractivity contribution >= 4 is 23.1 Å². The van der Waals surface area contributed by atoms with E-state index in [1.54, 1.807) is 30.3 Å². The van der Waals surface area contributed by atoms with Crippen molar-refractivity contribution in [2.45, 2.75) is 0 Å². The summed E-state index contributed by atoms with van der Waals surface area (Å²) in [6, 6.07) is 8.62. The van der Waals surface area contributed by atoms with Crippen LogP contribution in [0.1, 0.15) is 0 Å². The van der Waals surface area contributed by atoms with Gasteiger partial charge in [0.15, 0.2) is 0 Å². The minimum absolute atomic E-state index is 0.295. The Bertz CT molecular complexity index is 499. The highest BCUT2D eigenvalue weighted by atomic mass is 35.5. The molecular formula is C11H10ClN3O. The standard InChI is InChI=1S/C11H10ClN3O/c12-7-1-3-8(4-2-7)16-9-5-10(13)11(14)15-6-9/h1-6H,13H2,(H2,14,15). The van der Waals surface area contributed by atoms with Crippen LogP contribution in [0.15, 0.2) is 36.5 Å². The number of halogens is 1. The van der Waals surface area contributed by atoms with Gasteiger partial charge in [0, 0.05) is 11.1 Å². The fourth-order valence-corrected chi connectivity index (χ4v) is 1.29. The molecule has 5 heteroatoms. The summed E-state index contributed by atoms with van der Waals surface area (Å²) in [5, 5.41) is 0.655. The van der Waals surface area contributed by atoms with Gasteiger partial charge in [-0.2, -0.15) is 0 Å². The molecule has 2 aromatic rings. The molecule has 0 spiro atoms. The number of hydrogen-bond donors (Lipinski definition) is 2. The monoisotopic (exact) mass is 235 g/mol. The number of aromatic nitrogens is 1. The maximum absolute atomic E-state index is 5.76. The molecule has 0 amide bonds. The first-order chi connectivity index (χ1) is 7.65. The fraction of sp³-hybridized carbons (Fsp3) is 0. The molecule has 4 N–H and O–H groups in total. The molecule has 0 fully saturated rings. The molecule has 0 saturated carbocycles. The van der Waals surface area contributed by atoms with Gasteiger partial charge >= 0.3 is 0 Å². The third kappa shape index (κ3) is 2.35. The molecule has 0 aliphatic heterocycles. The topological polar surface area (TPSA) is 74.2 Å². The second-order valence-corrected chi connectivity index (χ2v) is 3.64. The minimum Gasteiger partial charge on any atom is -0.456 e. The van der Waals surface area contributed by atoms with Gasteiger partial charge in [-0.25, -0.2) is 4.98 Å². The Hall–Kier alpha value is -1.94. The largest absolute Gasteiger partial charge is 0.456 e. The number of pyridine rings is 1. The molecule has 0 aliphatic carbocycles. The molecular weight excluding hydrogens is 226 g/mol. The molecule has 1 heterocycles. The highest BCUT2D eigenvalue weighted by Crippen LogP contribution is 2.25. The first-order valence-electron chi connectivity index (χ1n) is 4.59. The summed E-state index contributed by atoms with van der Waals surface area (Å²) in [6.45, 7) is 0. The molecule has 1 aromatic carbocycles. The second kappa shape index (κ2) is 4.28. The summed E-state index contributed by atoms with van der Waals surface area (Å²) in [5.41, 5.74) is 11.5. The summed E-state index contributed by atoms with van der Waals surface area (Å²) in [6.07, 6.45) is 1.51. The zero-order valence-corrected chi connectivity index (χ0v) is 9.11. The van der Waals surface area contributed by atoms with Crippen molar-refractivity contribution in [2.24, 2.45) is 0 Å². The van der Waals surface area contributed by atoms with E-state index in [0.29, 0.717) is 28.0 Å². The van der Waals surface area contributed by atoms with Crippen molar-refractivity contribution in [3.8, 4) is 11.5 Å². The van der Waals surface area contributed by atoms with Gasteiger partial charge in [-0.1, -0.05) is 11.6 Å². The molecule has 0 bridgehead atoms. The number of nitrogen functional groups attached to an aromatic ring is 2. The lowest BCUT2D eigenvalue weighted by Gasteiger charge is -2.06. The molecule has 0 aliphatic rings. The van der Waals surface area contributed by atoms with Gasteiger partial charge in [0.1, 0.15) is 17.3 Å². The van der Waals surface area contributed by atoms with Crippen LogP contribution in [0.4, 0.5) is 11.5 Å². The van der Waals surface area contributed by atoms with E-state index in [9.17, 15) is 0 Å². The smallest absolute Gasteiger partial charge is 0.147 e. The lowest BCUT2D eigenvalue weighted by molar-refractivity contribution is 0.481. The van der Waals surface area contributed by atoms with E-state index >= 15 is 0 Å². The molecule has 16 heavy (non-hydrogen) atoms. The lowest BCUT2D eigenvalue weighted by atomic mass is 10.3. The molecule has 2 rings (SSSR count). The molecule has 0 unspecified atom stereocenters. The lowest BCUT2D eigenvalue weighted by Crippen LogP contribution is -1.97. The summed E-state index contributed by atoms with van der Waals surface area (Å²) >= 11 is 5.76. The number of benzene rings is 1. The van der Waals surface area contributed by atoms with Crippen molar-refractivity contribution in [3.05, 3.63) is 41.6 Å². The highest BCUT2D eigenvalue weighted by molar-refractivity contribution is 6.30. The van der Waals surface area contributed by atoms with Gasteiger partial charge in [-0.15, -0.1) is 0 Å². The van der Waals surface area contributed by atoms with Crippen molar-refractivity contribution in [3.63, 3.8) is 0 Å². The predicted molar refractivity (Wildman–Crippen MR) is 64.6 cm³/mol. The molecule has 0 radical (unpaired) electrons. The predicted octanol–water partition coefficient (Wildman–Crippen LogP) is 2.69. The van der Waals surface area contributed by atoms with E-state index in [2.05, 4.69) is 4.98 Å². The number of nitrogens with zero attached hydrogens (tertiary/aromatic N) is 1. The Morgan fingerprint density at radius 3 is 2.38 bits per heavy atom. The highest BCUT2D eigenvalue weighted by Gasteiger charge is 2.01. The van der Waals surface area contributed by atoms with Gasteiger partial charge < -0.3 is 16.2 Å². The summed E-state index contributed by atoms with van der Waals surface area (Å²) in [5.74, 6) is 1.49. The van der Waals surface area contributed by atoms with Gasteiger partial charge in [0.05, 0.1) is 11.9 Å². The van der Waals surface area contributed by atoms with Crippen LogP contribution in [0, 0.1) is 0 Å². The third-order valence-electron chi connectivity index (χ3n) is 1.97. The van der Waals surface area contributed by atoms with Crippen LogP contribution < -0.4 is 16.2 Å². The zero-order valence-electron chi connectivity index (χ0n) is 8.35. The maximum Gasteiger partial charge on any atom is 0.147 e. The van der Waals surface area contributed by atoms with E-state index in [1.165, 1.54) is 6.20 Å². The molecule has 82 valence electrons. The molecule has 0 atom stereocenters. The van der Waals surface area contributed by atoms with Gasteiger partial charge in [-0.05, 0) is 24.3 Å². The van der Waals surface area contributed by atoms with Crippen molar-refractivity contribution in [1.29, 1.82) is 0 Å². The minimum atomic E-state index is 0.295. The van der Waals surface area contributed by atoms with E-state index in [1.807, 2.05) is 0 Å². The Kier molecular flexibility index (Phi) is 2.83. The van der Waals surface area contributed by atoms with Crippen LogP contribution in [0.25, 0.3) is 0 Å². The molecule has 4 nitrogen and oxygen atoms in total. The van der Waals surface area contributed by atoms with Crippen LogP contribution in [-0.2, 0) is 0 Å². The number of nitrogens with two attached hydrogens (primary N) is 2. The molecule has 1 aromatic heterocycles. The van der Waals surface area contributed by atoms with Gasteiger partial charge in [0.2, 0.25) is 0 Å². The average Bonchev–Trinajstić information content (AvgIpc) is 2.27. The van der Waals surface area contributed by atoms with Crippen LogP contribution in [-0.4, -0.2) is 4.98 Å². The first kappa shape index (κ1) is 10.6. The maximum atomic E-state index is 5.76. The Morgan fingerprint density at radius 2 is 1.75 bits per heavy atom. The quantitative estimate of drug-likeness (QED) is 0.839. The van der Waals surface area contributed by atoms with Gasteiger partial charge in [0.25, 0.3) is 0 Å². The number of rotatable bonds is 2. The Morgan fingerprint density at radius 1 is 1.06 bits per heavy atom. The Balaban J connectivity index is 2.20. The average molecular weight is 236 g/mol. The van der Waals surface area contributed by atoms with E-state index in [-0.39, 0.29) is 0 Å². The second-order valence-electron chi connectivity index (χ2n) is 3.20. The van der Waals surface area contributed by atoms with Crippen LogP contribution in [0.2, 0.25) is 5.02 Å². The Labute approximate surface area is 97.8 Å². The van der Waals surface area contributed by atoms with Crippen molar-refractivity contribution in [1.82, 2.24) is 4.98 Å². The van der Waals surface area contributed by atoms with Gasteiger partial charge in [-0.3, -0.25) is 0 Å². The summed E-state index contributed by atoms with van der Waals surface area (Å²) < 4.78 is 5.51. The SMILES string of the molecule is Nc1cc(Oc2ccc(Cl)cc2)cnc1N. The zero-order chi connectivity index (χ0) is 11.5. The molecule has 0 saturated heterocycles. The van der Waals surface area contributed by atoms with E-state index in [4.69, 9.17) is 27.8 Å². The number of hydrogen-bond acceptors (Lipinski definition) is 4. The normalized spacial score (nSPS) is 10.1. The van der Waals surface area contributed by atoms with Crippen LogP contribution >= 0.6 is 11.6 Å². The van der Waals surface area contributed by atoms with Crippen molar-refractivity contribution < 1.29 is 4.74 Å². The number of ether oxygens (including phenoxy) is 1. The van der Waals surface area contributed by atoms with Crippen molar-refractivity contribution in [2.75, 3.05) is 11.5 Å². The van der Waals surface area contributed by atoms with Crippen LogP contribution in [0.3, 0.4) is 0 Å².